The minimum Gasteiger partial charge on any atom is -0.394 e. The van der Waals surface area contributed by atoms with Crippen LogP contribution in [0.2, 0.25) is 0 Å². The zero-order chi connectivity index (χ0) is 12.3. The smallest absolute Gasteiger partial charge is 0.394 e. The Morgan fingerprint density at radius 2 is 2.12 bits per heavy atom. The fourth-order valence-corrected chi connectivity index (χ4v) is 1.82. The molecule has 8 heteroatoms. The van der Waals surface area contributed by atoms with E-state index in [0.29, 0.717) is 0 Å². The first kappa shape index (κ1) is 12.6. The third kappa shape index (κ3) is 2.76. The van der Waals surface area contributed by atoms with Crippen LogP contribution in [0.4, 0.5) is 11.4 Å². The summed E-state index contributed by atoms with van der Waals surface area (Å²) in [4.78, 5) is 10.5. The summed E-state index contributed by atoms with van der Waals surface area (Å²) in [7, 11) is -4.09. The number of rotatable bonds is 3. The van der Waals surface area contributed by atoms with Gasteiger partial charge in [0.15, 0.2) is 0 Å². The number of anilines is 2. The van der Waals surface area contributed by atoms with Crippen molar-refractivity contribution in [3.8, 4) is 0 Å². The highest BCUT2D eigenvalue weighted by molar-refractivity contribution is 7.93. The summed E-state index contributed by atoms with van der Waals surface area (Å²) in [5.41, 5.74) is 5.73. The lowest BCUT2D eigenvalue weighted by atomic mass is 10.3. The molecule has 1 radical (unpaired) electrons. The Morgan fingerprint density at radius 1 is 1.50 bits per heavy atom. The number of nitrogens with two attached hydrogens (primary N) is 2. The fourth-order valence-electron chi connectivity index (χ4n) is 1.08. The molecule has 5 N–H and O–H groups in total. The molecule has 7 nitrogen and oxygen atoms in total. The Kier molecular flexibility index (Phi) is 3.60. The summed E-state index contributed by atoms with van der Waals surface area (Å²) >= 11 is 0. The Morgan fingerprint density at radius 3 is 2.62 bits per heavy atom. The second kappa shape index (κ2) is 4.58. The third-order valence-electron chi connectivity index (χ3n) is 1.73. The minimum absolute atomic E-state index is 0.0143. The van der Waals surface area contributed by atoms with Crippen molar-refractivity contribution in [1.82, 2.24) is 0 Å². The zero-order valence-electron chi connectivity index (χ0n) is 8.43. The Balaban J connectivity index is 3.19. The first-order valence-corrected chi connectivity index (χ1v) is 5.58. The number of hydrogen-bond acceptors (Lipinski definition) is 5. The second-order valence-electron chi connectivity index (χ2n) is 2.98. The van der Waals surface area contributed by atoms with Gasteiger partial charge in [-0.25, -0.2) is 0 Å². The Labute approximate surface area is 93.2 Å². The number of amides is 1. The predicted molar refractivity (Wildman–Crippen MR) is 57.4 cm³/mol. The van der Waals surface area contributed by atoms with Crippen LogP contribution >= 0.6 is 0 Å². The van der Waals surface area contributed by atoms with E-state index in [1.165, 1.54) is 25.1 Å². The summed E-state index contributed by atoms with van der Waals surface area (Å²) in [6, 6.07) is 3.96. The maximum atomic E-state index is 11.3. The molecule has 0 aromatic heterocycles. The lowest BCUT2D eigenvalue weighted by Crippen LogP contribution is -2.19. The van der Waals surface area contributed by atoms with Gasteiger partial charge < -0.3 is 11.1 Å². The molecule has 0 saturated heterocycles. The van der Waals surface area contributed by atoms with Crippen LogP contribution in [0, 0.1) is 0 Å². The van der Waals surface area contributed by atoms with Gasteiger partial charge >= 0.3 is 10.5 Å². The van der Waals surface area contributed by atoms with E-state index < -0.39 is 10.5 Å². The largest absolute Gasteiger partial charge is 0.449 e. The van der Waals surface area contributed by atoms with Gasteiger partial charge in [0, 0.05) is 18.7 Å². The van der Waals surface area contributed by atoms with Crippen LogP contribution in [-0.4, -0.2) is 5.91 Å². The van der Waals surface area contributed by atoms with Gasteiger partial charge in [0.05, 0.1) is 10.2 Å². The van der Waals surface area contributed by atoms with Gasteiger partial charge in [0.25, 0.3) is 4.90 Å². The van der Waals surface area contributed by atoms with E-state index in [-0.39, 0.29) is 22.2 Å². The van der Waals surface area contributed by atoms with Crippen molar-refractivity contribution in [2.24, 2.45) is 5.90 Å². The molecule has 0 spiro atoms. The van der Waals surface area contributed by atoms with Crippen LogP contribution in [0.3, 0.4) is 0 Å². The number of hydrogen-bond donors (Lipinski definition) is 3. The molecule has 16 heavy (non-hydrogen) atoms. The van der Waals surface area contributed by atoms with E-state index in [2.05, 4.69) is 15.5 Å². The van der Waals surface area contributed by atoms with E-state index in [4.69, 9.17) is 5.73 Å². The van der Waals surface area contributed by atoms with Crippen molar-refractivity contribution in [1.29, 1.82) is 0 Å². The normalized spacial score (nSPS) is 14.2. The quantitative estimate of drug-likeness (QED) is 0.399. The van der Waals surface area contributed by atoms with E-state index in [9.17, 15) is 13.6 Å². The van der Waals surface area contributed by atoms with Crippen LogP contribution in [-0.2, 0) is 28.3 Å². The van der Waals surface area contributed by atoms with Gasteiger partial charge in [-0.1, -0.05) is 0 Å². The van der Waals surface area contributed by atoms with Crippen molar-refractivity contribution >= 4 is 27.8 Å². The summed E-state index contributed by atoms with van der Waals surface area (Å²) in [5, 5.41) is 2.41. The minimum atomic E-state index is -4.09. The molecule has 0 aliphatic rings. The summed E-state index contributed by atoms with van der Waals surface area (Å²) in [6.45, 7) is 1.30. The molecule has 1 rings (SSSR count). The molecule has 1 aromatic rings. The number of nitrogens with one attached hydrogen (secondary N) is 1. The SMILES string of the molecule is CC(=O)Nc1ccc(N)c([S+]([O])(=O)ON)c1. The maximum absolute atomic E-state index is 11.3. The molecular formula is C8H11N3O4S+. The topological polar surface area (TPSA) is 127 Å². The Hall–Kier alpha value is -1.48. The summed E-state index contributed by atoms with van der Waals surface area (Å²) in [5.74, 6) is 4.30. The second-order valence-corrected chi connectivity index (χ2v) is 4.52. The highest BCUT2D eigenvalue weighted by Crippen LogP contribution is 2.27. The van der Waals surface area contributed by atoms with Gasteiger partial charge in [-0.15, -0.1) is 0 Å². The Bertz CT molecular complexity index is 463. The third-order valence-corrected chi connectivity index (χ3v) is 2.88. The maximum Gasteiger partial charge on any atom is 0.449 e. The predicted octanol–water partition coefficient (Wildman–Crippen LogP) is 0.236. The van der Waals surface area contributed by atoms with Gasteiger partial charge in [-0.05, 0) is 20.6 Å². The molecule has 0 saturated carbocycles. The van der Waals surface area contributed by atoms with E-state index in [1.54, 1.807) is 0 Å². The van der Waals surface area contributed by atoms with Crippen molar-refractivity contribution in [3.05, 3.63) is 18.2 Å². The monoisotopic (exact) mass is 245 g/mol. The fraction of sp³-hybridized carbons (Fsp3) is 0.125. The molecule has 1 unspecified atom stereocenters. The van der Waals surface area contributed by atoms with Crippen LogP contribution in [0.5, 0.6) is 0 Å². The number of benzene rings is 1. The molecule has 0 aliphatic carbocycles. The lowest BCUT2D eigenvalue weighted by molar-refractivity contribution is -0.114. The average molecular weight is 245 g/mol. The molecule has 1 aromatic carbocycles. The van der Waals surface area contributed by atoms with Crippen LogP contribution in [0.15, 0.2) is 23.1 Å². The molecule has 0 aliphatic heterocycles. The standard InChI is InChI=1S/C8H11N3O4S/c1-5(12)11-6-2-3-7(9)8(4-6)16(13,14)15-10/h2-4H,9-10H2,1H3,(H,11,12)/q+1. The van der Waals surface area contributed by atoms with Crippen LogP contribution < -0.4 is 16.9 Å². The van der Waals surface area contributed by atoms with Gasteiger partial charge in [0.2, 0.25) is 5.91 Å². The van der Waals surface area contributed by atoms with E-state index >= 15 is 0 Å². The first-order valence-electron chi connectivity index (χ1n) is 4.17. The van der Waals surface area contributed by atoms with Crippen molar-refractivity contribution < 1.29 is 17.8 Å². The highest BCUT2D eigenvalue weighted by Gasteiger charge is 2.37. The molecule has 87 valence electrons. The van der Waals surface area contributed by atoms with Crippen LogP contribution in [0.1, 0.15) is 6.92 Å². The molecular weight excluding hydrogens is 234 g/mol. The van der Waals surface area contributed by atoms with Gasteiger partial charge in [-0.2, -0.15) is 5.90 Å². The van der Waals surface area contributed by atoms with Gasteiger partial charge in [0.1, 0.15) is 0 Å². The van der Waals surface area contributed by atoms with Crippen LogP contribution in [0.25, 0.3) is 0 Å². The number of carbonyl (C=O) groups excluding carboxylic acids is 1. The summed E-state index contributed by atoms with van der Waals surface area (Å²) < 4.78 is 26.5. The number of carbonyl (C=O) groups is 1. The highest BCUT2D eigenvalue weighted by atomic mass is 32.3. The molecule has 0 fully saturated rings. The lowest BCUT2D eigenvalue weighted by Gasteiger charge is -2.04. The molecule has 1 amide bonds. The van der Waals surface area contributed by atoms with Crippen molar-refractivity contribution in [2.75, 3.05) is 11.1 Å². The molecule has 1 atom stereocenters. The zero-order valence-corrected chi connectivity index (χ0v) is 9.24. The molecule has 0 heterocycles. The number of nitrogen functional groups attached to an aromatic ring is 1. The van der Waals surface area contributed by atoms with Gasteiger partial charge in [-0.3, -0.25) is 4.79 Å². The average Bonchev–Trinajstić information content (AvgIpc) is 2.20. The van der Waals surface area contributed by atoms with E-state index in [0.717, 1.165) is 0 Å². The molecule has 0 bridgehead atoms. The van der Waals surface area contributed by atoms with E-state index in [1.807, 2.05) is 0 Å². The first-order chi connectivity index (χ1) is 7.36. The summed E-state index contributed by atoms with van der Waals surface area (Å²) in [6.07, 6.45) is 0. The van der Waals surface area contributed by atoms with Crippen molar-refractivity contribution in [2.45, 2.75) is 11.8 Å². The van der Waals surface area contributed by atoms with Crippen molar-refractivity contribution in [3.63, 3.8) is 0 Å².